The zero-order valence-corrected chi connectivity index (χ0v) is 20.5. The predicted molar refractivity (Wildman–Crippen MR) is 133 cm³/mol. The Morgan fingerprint density at radius 3 is 2.15 bits per heavy atom. The molecule has 0 aliphatic rings. The number of unbranched alkanes of at least 4 members (excludes halogenated alkanes) is 2. The first-order valence-electron chi connectivity index (χ1n) is 11.8. The van der Waals surface area contributed by atoms with Gasteiger partial charge in [0.25, 0.3) is 0 Å². The Labute approximate surface area is 201 Å². The molecule has 1 atom stereocenters. The topological polar surface area (TPSA) is 81.4 Å². The number of hydrogen-bond acceptors (Lipinski definition) is 5. The van der Waals surface area contributed by atoms with Gasteiger partial charge in [-0.3, -0.25) is 0 Å². The summed E-state index contributed by atoms with van der Waals surface area (Å²) in [5, 5.41) is 2.95. The van der Waals surface area contributed by atoms with Crippen LogP contribution in [0, 0.1) is 0 Å². The van der Waals surface area contributed by atoms with Crippen LogP contribution in [0.3, 0.4) is 0 Å². The standard InChI is InChI=1S/C28H34N2O4/c1-20(31)14-8-5-13-19-23(29-27(32)34-28(2,3)4)26-30-24(21-15-9-6-10-16-21)25(33-26)22-17-11-7-12-18-22/h6-7,9-12,15-18,23H,5,8,13-14,19H2,1-4H3,(H,29,32)/t23-/m0/s1. The van der Waals surface area contributed by atoms with Crippen molar-refractivity contribution in [3.8, 4) is 22.6 Å². The molecule has 0 spiro atoms. The van der Waals surface area contributed by atoms with E-state index in [4.69, 9.17) is 14.1 Å². The lowest BCUT2D eigenvalue weighted by Gasteiger charge is -2.22. The van der Waals surface area contributed by atoms with Crippen molar-refractivity contribution < 1.29 is 18.7 Å². The maximum Gasteiger partial charge on any atom is 0.408 e. The number of nitrogens with one attached hydrogen (secondary N) is 1. The van der Waals surface area contributed by atoms with Gasteiger partial charge in [-0.05, 0) is 40.5 Å². The minimum Gasteiger partial charge on any atom is -0.444 e. The highest BCUT2D eigenvalue weighted by Crippen LogP contribution is 2.35. The first-order chi connectivity index (χ1) is 16.2. The van der Waals surface area contributed by atoms with Gasteiger partial charge in [0.15, 0.2) is 5.76 Å². The number of aromatic nitrogens is 1. The van der Waals surface area contributed by atoms with E-state index in [2.05, 4.69) is 5.32 Å². The normalized spacial score (nSPS) is 12.2. The Morgan fingerprint density at radius 2 is 1.56 bits per heavy atom. The van der Waals surface area contributed by atoms with Crippen LogP contribution in [0.5, 0.6) is 0 Å². The monoisotopic (exact) mass is 462 g/mol. The summed E-state index contributed by atoms with van der Waals surface area (Å²) in [6, 6.07) is 19.2. The second kappa shape index (κ2) is 11.6. The number of nitrogens with zero attached hydrogens (tertiary/aromatic N) is 1. The van der Waals surface area contributed by atoms with Crippen molar-refractivity contribution in [2.75, 3.05) is 0 Å². The third-order valence-electron chi connectivity index (χ3n) is 5.24. The maximum absolute atomic E-state index is 12.6. The molecular weight excluding hydrogens is 428 g/mol. The van der Waals surface area contributed by atoms with Gasteiger partial charge in [-0.15, -0.1) is 0 Å². The van der Waals surface area contributed by atoms with Crippen molar-refractivity contribution in [2.45, 2.75) is 71.4 Å². The number of carbonyl (C=O) groups is 2. The lowest BCUT2D eigenvalue weighted by molar-refractivity contribution is -0.117. The fraction of sp³-hybridized carbons (Fsp3) is 0.393. The van der Waals surface area contributed by atoms with Gasteiger partial charge in [0.1, 0.15) is 23.1 Å². The van der Waals surface area contributed by atoms with Gasteiger partial charge in [0.2, 0.25) is 5.89 Å². The molecule has 0 fully saturated rings. The highest BCUT2D eigenvalue weighted by Gasteiger charge is 2.26. The van der Waals surface area contributed by atoms with E-state index in [1.54, 1.807) is 6.92 Å². The zero-order valence-electron chi connectivity index (χ0n) is 20.5. The lowest BCUT2D eigenvalue weighted by atomic mass is 10.1. The van der Waals surface area contributed by atoms with Crippen molar-refractivity contribution in [1.82, 2.24) is 10.3 Å². The molecule has 1 heterocycles. The number of ketones is 1. The van der Waals surface area contributed by atoms with E-state index in [0.717, 1.165) is 36.1 Å². The summed E-state index contributed by atoms with van der Waals surface area (Å²) >= 11 is 0. The first-order valence-corrected chi connectivity index (χ1v) is 11.8. The Bertz CT molecular complexity index is 1010. The molecule has 1 N–H and O–H groups in total. The van der Waals surface area contributed by atoms with Crippen LogP contribution in [-0.4, -0.2) is 22.5 Å². The Hall–Kier alpha value is -3.41. The highest BCUT2D eigenvalue weighted by atomic mass is 16.6. The molecule has 0 aliphatic heterocycles. The summed E-state index contributed by atoms with van der Waals surface area (Å²) in [7, 11) is 0. The third-order valence-corrected chi connectivity index (χ3v) is 5.24. The lowest BCUT2D eigenvalue weighted by Crippen LogP contribution is -2.35. The Morgan fingerprint density at radius 1 is 0.941 bits per heavy atom. The van der Waals surface area contributed by atoms with Crippen LogP contribution in [-0.2, 0) is 9.53 Å². The van der Waals surface area contributed by atoms with Gasteiger partial charge in [-0.1, -0.05) is 73.5 Å². The summed E-state index contributed by atoms with van der Waals surface area (Å²) in [5.74, 6) is 1.29. The second-order valence-electron chi connectivity index (χ2n) is 9.46. The predicted octanol–water partition coefficient (Wildman–Crippen LogP) is 7.11. The number of benzene rings is 2. The van der Waals surface area contributed by atoms with E-state index in [0.29, 0.717) is 24.5 Å². The zero-order chi connectivity index (χ0) is 24.6. The smallest absolute Gasteiger partial charge is 0.408 e. The fourth-order valence-electron chi connectivity index (χ4n) is 3.67. The molecule has 3 rings (SSSR count). The molecule has 0 bridgehead atoms. The number of hydrogen-bond donors (Lipinski definition) is 1. The van der Waals surface area contributed by atoms with Gasteiger partial charge < -0.3 is 19.3 Å². The summed E-state index contributed by atoms with van der Waals surface area (Å²) in [6.07, 6.45) is 3.20. The molecule has 0 saturated carbocycles. The van der Waals surface area contributed by atoms with Gasteiger partial charge >= 0.3 is 6.09 Å². The van der Waals surface area contributed by atoms with Crippen LogP contribution in [0.25, 0.3) is 22.6 Å². The molecule has 2 aromatic carbocycles. The highest BCUT2D eigenvalue weighted by molar-refractivity contribution is 5.77. The minimum absolute atomic E-state index is 0.191. The van der Waals surface area contributed by atoms with Gasteiger partial charge in [-0.2, -0.15) is 0 Å². The van der Waals surface area contributed by atoms with Crippen LogP contribution in [0.15, 0.2) is 65.1 Å². The number of amides is 1. The van der Waals surface area contributed by atoms with Crippen molar-refractivity contribution in [1.29, 1.82) is 0 Å². The molecule has 3 aromatic rings. The minimum atomic E-state index is -0.614. The van der Waals surface area contributed by atoms with Crippen LogP contribution < -0.4 is 5.32 Å². The molecule has 0 radical (unpaired) electrons. The number of oxazole rings is 1. The SMILES string of the molecule is CC(=O)CCCCC[C@H](NC(=O)OC(C)(C)C)c1nc(-c2ccccc2)c(-c2ccccc2)o1. The van der Waals surface area contributed by atoms with E-state index >= 15 is 0 Å². The van der Waals surface area contributed by atoms with Crippen LogP contribution in [0.4, 0.5) is 4.79 Å². The van der Waals surface area contributed by atoms with Crippen molar-refractivity contribution in [3.63, 3.8) is 0 Å². The molecule has 34 heavy (non-hydrogen) atoms. The van der Waals surface area contributed by atoms with Crippen molar-refractivity contribution in [3.05, 3.63) is 66.6 Å². The van der Waals surface area contributed by atoms with E-state index in [-0.39, 0.29) is 5.78 Å². The van der Waals surface area contributed by atoms with Gasteiger partial charge in [-0.25, -0.2) is 9.78 Å². The van der Waals surface area contributed by atoms with E-state index in [9.17, 15) is 9.59 Å². The number of rotatable bonds is 10. The Balaban J connectivity index is 1.91. The maximum atomic E-state index is 12.6. The number of carbonyl (C=O) groups excluding carboxylic acids is 2. The molecule has 6 nitrogen and oxygen atoms in total. The van der Waals surface area contributed by atoms with Crippen molar-refractivity contribution >= 4 is 11.9 Å². The molecule has 1 amide bonds. The molecule has 0 saturated heterocycles. The molecule has 6 heteroatoms. The fourth-order valence-corrected chi connectivity index (χ4v) is 3.67. The number of Topliss-reactive ketones (excluding diaryl/α,β-unsaturated/α-hetero) is 1. The average molecular weight is 463 g/mol. The second-order valence-corrected chi connectivity index (χ2v) is 9.46. The summed E-state index contributed by atoms with van der Waals surface area (Å²) < 4.78 is 11.8. The summed E-state index contributed by atoms with van der Waals surface area (Å²) in [5.41, 5.74) is 1.97. The van der Waals surface area contributed by atoms with Crippen LogP contribution in [0.2, 0.25) is 0 Å². The quantitative estimate of drug-likeness (QED) is 0.325. The average Bonchev–Trinajstić information content (AvgIpc) is 3.23. The van der Waals surface area contributed by atoms with E-state index in [1.807, 2.05) is 81.4 Å². The molecule has 0 aliphatic carbocycles. The number of alkyl carbamates (subject to hydrolysis) is 1. The van der Waals surface area contributed by atoms with Crippen LogP contribution in [0.1, 0.15) is 71.7 Å². The third kappa shape index (κ3) is 7.58. The number of ether oxygens (including phenoxy) is 1. The van der Waals surface area contributed by atoms with E-state index in [1.165, 1.54) is 0 Å². The Kier molecular flexibility index (Phi) is 8.63. The van der Waals surface area contributed by atoms with Gasteiger partial charge in [0.05, 0.1) is 0 Å². The first kappa shape index (κ1) is 25.2. The largest absolute Gasteiger partial charge is 0.444 e. The summed E-state index contributed by atoms with van der Waals surface area (Å²) in [4.78, 5) is 28.7. The molecule has 180 valence electrons. The van der Waals surface area contributed by atoms with Crippen molar-refractivity contribution in [2.24, 2.45) is 0 Å². The van der Waals surface area contributed by atoms with Gasteiger partial charge in [0, 0.05) is 17.5 Å². The summed E-state index contributed by atoms with van der Waals surface area (Å²) in [6.45, 7) is 7.09. The molecule has 1 aromatic heterocycles. The molecular formula is C28H34N2O4. The molecule has 0 unspecified atom stereocenters. The van der Waals surface area contributed by atoms with Crippen LogP contribution >= 0.6 is 0 Å². The van der Waals surface area contributed by atoms with E-state index < -0.39 is 17.7 Å².